The van der Waals surface area contributed by atoms with Gasteiger partial charge in [-0.2, -0.15) is 0 Å². The Labute approximate surface area is 371 Å². The van der Waals surface area contributed by atoms with Crippen LogP contribution in [0, 0.1) is 0 Å². The van der Waals surface area contributed by atoms with Crippen LogP contribution in [0.1, 0.15) is 226 Å². The summed E-state index contributed by atoms with van der Waals surface area (Å²) in [5.74, 6) is -0.433. The molecule has 0 aromatic carbocycles. The summed E-state index contributed by atoms with van der Waals surface area (Å²) in [7, 11) is 0. The lowest BCUT2D eigenvalue weighted by Gasteiger charge is -2.18. The molecule has 0 saturated heterocycles. The molecule has 1 atom stereocenters. The highest BCUT2D eigenvalue weighted by atomic mass is 16.6. The standard InChI is InChI=1S/C55H94O5/c1-4-7-10-13-16-19-21-23-25-27-28-29-30-32-34-37-39-42-45-48-54(56)59-52-53(60-55(57)49-46-43-40-36-18-15-12-9-6-3)51-58-50-47-44-41-38-35-33-31-26-24-22-20-17-14-11-8-5-2/h8,11,16-17,19-20,23-26,28-29,33,35,53H,4-7,9-10,12-15,18,21-22,27,30-32,34,36-52H2,1-3H3/b11-8-,19-16-,20-17-,25-23-,26-24-,29-28-,35-33-. The highest BCUT2D eigenvalue weighted by Gasteiger charge is 2.17. The van der Waals surface area contributed by atoms with Crippen molar-refractivity contribution in [3.05, 3.63) is 85.1 Å². The lowest BCUT2D eigenvalue weighted by atomic mass is 10.1. The van der Waals surface area contributed by atoms with Crippen LogP contribution in [-0.4, -0.2) is 37.9 Å². The SMILES string of the molecule is CC/C=C\C/C=C\C/C=C\C/C=C\CCCCCOCC(COC(=O)CCCCCCCC/C=C\C/C=C\C/C=C\CCCCC)OC(=O)CCCCCCCCCCC. The lowest BCUT2D eigenvalue weighted by molar-refractivity contribution is -0.163. The van der Waals surface area contributed by atoms with Gasteiger partial charge in [0.15, 0.2) is 6.10 Å². The average Bonchev–Trinajstić information content (AvgIpc) is 3.25. The smallest absolute Gasteiger partial charge is 0.306 e. The fraction of sp³-hybridized carbons (Fsp3) is 0.709. The molecule has 0 amide bonds. The van der Waals surface area contributed by atoms with Gasteiger partial charge < -0.3 is 14.2 Å². The summed E-state index contributed by atoms with van der Waals surface area (Å²) in [5.41, 5.74) is 0. The maximum Gasteiger partial charge on any atom is 0.306 e. The largest absolute Gasteiger partial charge is 0.462 e. The van der Waals surface area contributed by atoms with Gasteiger partial charge >= 0.3 is 11.9 Å². The van der Waals surface area contributed by atoms with Gasteiger partial charge in [0.2, 0.25) is 0 Å². The topological polar surface area (TPSA) is 61.8 Å². The predicted molar refractivity (Wildman–Crippen MR) is 260 cm³/mol. The first-order chi connectivity index (χ1) is 29.6. The summed E-state index contributed by atoms with van der Waals surface area (Å²) < 4.78 is 17.3. The summed E-state index contributed by atoms with van der Waals surface area (Å²) in [5, 5.41) is 0. The Bertz CT molecular complexity index is 1130. The van der Waals surface area contributed by atoms with Crippen LogP contribution < -0.4 is 0 Å². The molecule has 0 spiro atoms. The van der Waals surface area contributed by atoms with Gasteiger partial charge in [0.1, 0.15) is 6.61 Å². The molecule has 5 heteroatoms. The van der Waals surface area contributed by atoms with Crippen molar-refractivity contribution in [3.63, 3.8) is 0 Å². The van der Waals surface area contributed by atoms with Crippen molar-refractivity contribution >= 4 is 11.9 Å². The minimum absolute atomic E-state index is 0.0631. The molecule has 60 heavy (non-hydrogen) atoms. The molecule has 0 bridgehead atoms. The summed E-state index contributed by atoms with van der Waals surface area (Å²) in [6, 6.07) is 0. The molecule has 0 fully saturated rings. The van der Waals surface area contributed by atoms with Gasteiger partial charge in [-0.3, -0.25) is 9.59 Å². The third-order valence-corrected chi connectivity index (χ3v) is 10.4. The molecule has 0 rings (SSSR count). The van der Waals surface area contributed by atoms with E-state index in [2.05, 4.69) is 106 Å². The fourth-order valence-electron chi connectivity index (χ4n) is 6.68. The molecular weight excluding hydrogens is 741 g/mol. The average molecular weight is 835 g/mol. The van der Waals surface area contributed by atoms with Gasteiger partial charge in [-0.1, -0.05) is 202 Å². The first-order valence-corrected chi connectivity index (χ1v) is 25.1. The number of hydrogen-bond donors (Lipinski definition) is 0. The zero-order valence-electron chi connectivity index (χ0n) is 39.5. The second kappa shape index (κ2) is 50.4. The number of hydrogen-bond acceptors (Lipinski definition) is 5. The molecule has 0 aromatic heterocycles. The first kappa shape index (κ1) is 57.1. The van der Waals surface area contributed by atoms with Gasteiger partial charge in [0.05, 0.1) is 6.61 Å². The minimum atomic E-state index is -0.559. The van der Waals surface area contributed by atoms with E-state index in [1.54, 1.807) is 0 Å². The molecule has 0 aliphatic carbocycles. The molecule has 1 unspecified atom stereocenters. The van der Waals surface area contributed by atoms with Gasteiger partial charge in [-0.25, -0.2) is 0 Å². The monoisotopic (exact) mass is 835 g/mol. The Morgan fingerprint density at radius 1 is 0.383 bits per heavy atom. The van der Waals surface area contributed by atoms with Crippen molar-refractivity contribution in [2.45, 2.75) is 232 Å². The fourth-order valence-corrected chi connectivity index (χ4v) is 6.68. The van der Waals surface area contributed by atoms with Crippen molar-refractivity contribution < 1.29 is 23.8 Å². The van der Waals surface area contributed by atoms with Crippen molar-refractivity contribution in [3.8, 4) is 0 Å². The first-order valence-electron chi connectivity index (χ1n) is 25.1. The van der Waals surface area contributed by atoms with Crippen molar-refractivity contribution in [2.75, 3.05) is 19.8 Å². The number of rotatable bonds is 45. The summed E-state index contributed by atoms with van der Waals surface area (Å²) in [6.07, 6.45) is 65.9. The van der Waals surface area contributed by atoms with Crippen LogP contribution in [0.4, 0.5) is 0 Å². The van der Waals surface area contributed by atoms with Crippen molar-refractivity contribution in [1.29, 1.82) is 0 Å². The minimum Gasteiger partial charge on any atom is -0.462 e. The van der Waals surface area contributed by atoms with E-state index < -0.39 is 6.10 Å². The van der Waals surface area contributed by atoms with E-state index in [-0.39, 0.29) is 25.2 Å². The zero-order valence-corrected chi connectivity index (χ0v) is 39.5. The molecule has 0 heterocycles. The number of ether oxygens (including phenoxy) is 3. The van der Waals surface area contributed by atoms with Crippen LogP contribution in [0.5, 0.6) is 0 Å². The molecule has 0 aliphatic heterocycles. The highest BCUT2D eigenvalue weighted by molar-refractivity contribution is 5.70. The molecule has 0 radical (unpaired) electrons. The van der Waals surface area contributed by atoms with E-state index in [4.69, 9.17) is 14.2 Å². The van der Waals surface area contributed by atoms with E-state index in [1.807, 2.05) is 0 Å². The second-order valence-corrected chi connectivity index (χ2v) is 16.3. The number of esters is 2. The van der Waals surface area contributed by atoms with Gasteiger partial charge in [-0.05, 0) is 96.3 Å². The van der Waals surface area contributed by atoms with Crippen LogP contribution in [0.25, 0.3) is 0 Å². The van der Waals surface area contributed by atoms with Crippen LogP contribution in [0.15, 0.2) is 85.1 Å². The molecule has 0 aromatic rings. The molecule has 0 aliphatic rings. The quantitative estimate of drug-likeness (QED) is 0.0347. The molecule has 0 saturated carbocycles. The van der Waals surface area contributed by atoms with Gasteiger partial charge in [-0.15, -0.1) is 0 Å². The van der Waals surface area contributed by atoms with Crippen LogP contribution in [0.3, 0.4) is 0 Å². The Morgan fingerprint density at radius 2 is 0.750 bits per heavy atom. The number of unbranched alkanes of at least 4 members (excludes halogenated alkanes) is 20. The normalized spacial score (nSPS) is 12.9. The second-order valence-electron chi connectivity index (χ2n) is 16.3. The highest BCUT2D eigenvalue weighted by Crippen LogP contribution is 2.13. The van der Waals surface area contributed by atoms with Crippen molar-refractivity contribution in [1.82, 2.24) is 0 Å². The third kappa shape index (κ3) is 47.8. The van der Waals surface area contributed by atoms with Crippen molar-refractivity contribution in [2.24, 2.45) is 0 Å². The van der Waals surface area contributed by atoms with E-state index in [0.717, 1.165) is 103 Å². The summed E-state index contributed by atoms with van der Waals surface area (Å²) >= 11 is 0. The summed E-state index contributed by atoms with van der Waals surface area (Å²) in [4.78, 5) is 25.3. The van der Waals surface area contributed by atoms with Gasteiger partial charge in [0, 0.05) is 19.4 Å². The van der Waals surface area contributed by atoms with E-state index >= 15 is 0 Å². The van der Waals surface area contributed by atoms with E-state index in [0.29, 0.717) is 19.4 Å². The Hall–Kier alpha value is -2.92. The van der Waals surface area contributed by atoms with E-state index in [9.17, 15) is 9.59 Å². The third-order valence-electron chi connectivity index (χ3n) is 10.4. The van der Waals surface area contributed by atoms with Crippen LogP contribution >= 0.6 is 0 Å². The molecular formula is C55H94O5. The molecule has 0 N–H and O–H groups in total. The Balaban J connectivity index is 4.27. The predicted octanol–water partition coefficient (Wildman–Crippen LogP) is 16.9. The van der Waals surface area contributed by atoms with E-state index in [1.165, 1.54) is 89.9 Å². The molecule has 5 nitrogen and oxygen atoms in total. The number of carbonyl (C=O) groups excluding carboxylic acids is 2. The Kier molecular flexibility index (Phi) is 48.0. The van der Waals surface area contributed by atoms with Crippen LogP contribution in [0.2, 0.25) is 0 Å². The van der Waals surface area contributed by atoms with Gasteiger partial charge in [0.25, 0.3) is 0 Å². The Morgan fingerprint density at radius 3 is 1.23 bits per heavy atom. The summed E-state index contributed by atoms with van der Waals surface area (Å²) in [6.45, 7) is 7.59. The lowest BCUT2D eigenvalue weighted by Crippen LogP contribution is -2.30. The molecule has 344 valence electrons. The maximum atomic E-state index is 12.7. The van der Waals surface area contributed by atoms with Crippen LogP contribution in [-0.2, 0) is 23.8 Å². The number of carbonyl (C=O) groups is 2. The maximum absolute atomic E-state index is 12.7. The number of allylic oxidation sites excluding steroid dienone is 14. The zero-order chi connectivity index (χ0) is 43.5.